The summed E-state index contributed by atoms with van der Waals surface area (Å²) in [6.45, 7) is 2.34. The second-order valence-corrected chi connectivity index (χ2v) is 4.76. The first-order chi connectivity index (χ1) is 9.61. The molecule has 0 aliphatic rings. The first kappa shape index (κ1) is 16.2. The van der Waals surface area contributed by atoms with Gasteiger partial charge in [-0.3, -0.25) is 4.79 Å². The van der Waals surface area contributed by atoms with Crippen LogP contribution in [0.4, 0.5) is 4.79 Å². The highest BCUT2D eigenvalue weighted by Crippen LogP contribution is 2.11. The average molecular weight is 341 g/mol. The highest BCUT2D eigenvalue weighted by Gasteiger charge is 2.02. The lowest BCUT2D eigenvalue weighted by Crippen LogP contribution is -2.33. The molecule has 0 bridgehead atoms. The van der Waals surface area contributed by atoms with Crippen LogP contribution in [0.3, 0.4) is 0 Å². The molecule has 0 fully saturated rings. The average Bonchev–Trinajstić information content (AvgIpc) is 2.41. The number of carbonyl (C=O) groups excluding carboxylic acids is 2. The third-order valence-electron chi connectivity index (χ3n) is 2.28. The van der Waals surface area contributed by atoms with Crippen molar-refractivity contribution in [3.8, 4) is 0 Å². The number of nitrogens with one attached hydrogen (secondary N) is 2. The second-order valence-electron chi connectivity index (χ2n) is 3.84. The van der Waals surface area contributed by atoms with Gasteiger partial charge in [-0.15, -0.1) is 0 Å². The molecule has 0 saturated heterocycles. The largest absolute Gasteiger partial charge is 0.466 e. The molecule has 2 N–H and O–H groups in total. The summed E-state index contributed by atoms with van der Waals surface area (Å²) in [5.74, 6) is -0.321. The van der Waals surface area contributed by atoms with E-state index in [0.717, 1.165) is 10.0 Å². The van der Waals surface area contributed by atoms with E-state index in [1.165, 1.54) is 0 Å². The zero-order valence-electron chi connectivity index (χ0n) is 11.2. The molecule has 0 unspecified atom stereocenters. The van der Waals surface area contributed by atoms with Gasteiger partial charge in [-0.25, -0.2) is 4.79 Å². The Morgan fingerprint density at radius 3 is 2.65 bits per heavy atom. The lowest BCUT2D eigenvalue weighted by molar-refractivity contribution is -0.142. The maximum absolute atomic E-state index is 11.4. The van der Waals surface area contributed by atoms with Crippen LogP contribution < -0.4 is 10.6 Å². The molecule has 0 atom stereocenters. The van der Waals surface area contributed by atoms with Crippen LogP contribution >= 0.6 is 15.9 Å². The molecule has 0 aromatic heterocycles. The number of halogens is 1. The predicted molar refractivity (Wildman–Crippen MR) is 81.0 cm³/mol. The van der Waals surface area contributed by atoms with Crippen LogP contribution in [0.5, 0.6) is 0 Å². The highest BCUT2D eigenvalue weighted by molar-refractivity contribution is 9.10. The van der Waals surface area contributed by atoms with Gasteiger partial charge < -0.3 is 15.4 Å². The minimum Gasteiger partial charge on any atom is -0.466 e. The van der Waals surface area contributed by atoms with Gasteiger partial charge in [0.15, 0.2) is 0 Å². The molecular weight excluding hydrogens is 324 g/mol. The van der Waals surface area contributed by atoms with Crippen LogP contribution in [0.1, 0.15) is 18.9 Å². The molecule has 6 heteroatoms. The lowest BCUT2D eigenvalue weighted by Gasteiger charge is -2.04. The monoisotopic (exact) mass is 340 g/mol. The van der Waals surface area contributed by atoms with Crippen LogP contribution in [-0.2, 0) is 9.53 Å². The van der Waals surface area contributed by atoms with Crippen molar-refractivity contribution in [1.82, 2.24) is 10.6 Å². The van der Waals surface area contributed by atoms with E-state index in [0.29, 0.717) is 6.61 Å². The fourth-order valence-corrected chi connectivity index (χ4v) is 1.61. The Morgan fingerprint density at radius 2 is 2.00 bits per heavy atom. The molecular formula is C14H17BrN2O3. The first-order valence-corrected chi connectivity index (χ1v) is 7.03. The van der Waals surface area contributed by atoms with Crippen LogP contribution in [0.2, 0.25) is 0 Å². The summed E-state index contributed by atoms with van der Waals surface area (Å²) in [6.07, 6.45) is 3.48. The van der Waals surface area contributed by atoms with E-state index in [1.807, 2.05) is 24.3 Å². The zero-order valence-corrected chi connectivity index (χ0v) is 12.8. The Labute approximate surface area is 126 Å². The summed E-state index contributed by atoms with van der Waals surface area (Å²) >= 11 is 3.35. The Balaban J connectivity index is 2.22. The molecule has 1 aromatic rings. The molecule has 1 rings (SSSR count). The minimum absolute atomic E-state index is 0.164. The normalized spacial score (nSPS) is 10.3. The molecule has 0 spiro atoms. The van der Waals surface area contributed by atoms with Crippen molar-refractivity contribution < 1.29 is 14.3 Å². The van der Waals surface area contributed by atoms with Gasteiger partial charge in [0, 0.05) is 17.2 Å². The molecule has 1 aromatic carbocycles. The standard InChI is InChI=1S/C14H17BrN2O3/c1-2-20-13(18)8-10-17-14(19)16-9-7-11-3-5-12(15)6-4-11/h3-7,9H,2,8,10H2,1H3,(H2,16,17,19)/b9-7+. The summed E-state index contributed by atoms with van der Waals surface area (Å²) in [5.41, 5.74) is 0.972. The van der Waals surface area contributed by atoms with E-state index in [9.17, 15) is 9.59 Å². The highest BCUT2D eigenvalue weighted by atomic mass is 79.9. The number of hydrogen-bond acceptors (Lipinski definition) is 3. The second kappa shape index (κ2) is 9.14. The number of amides is 2. The van der Waals surface area contributed by atoms with Gasteiger partial charge >= 0.3 is 12.0 Å². The van der Waals surface area contributed by atoms with Crippen molar-refractivity contribution in [2.24, 2.45) is 0 Å². The number of benzene rings is 1. The summed E-state index contributed by atoms with van der Waals surface area (Å²) in [6, 6.07) is 7.31. The van der Waals surface area contributed by atoms with Gasteiger partial charge in [0.25, 0.3) is 0 Å². The van der Waals surface area contributed by atoms with Gasteiger partial charge in [0.1, 0.15) is 0 Å². The summed E-state index contributed by atoms with van der Waals surface area (Å²) in [5, 5.41) is 5.11. The minimum atomic E-state index is -0.359. The van der Waals surface area contributed by atoms with Crippen LogP contribution in [0.15, 0.2) is 34.9 Å². The van der Waals surface area contributed by atoms with Crippen molar-refractivity contribution in [2.45, 2.75) is 13.3 Å². The Hall–Kier alpha value is -1.82. The summed E-state index contributed by atoms with van der Waals surface area (Å²) in [4.78, 5) is 22.4. The van der Waals surface area contributed by atoms with Gasteiger partial charge in [0.05, 0.1) is 13.0 Å². The van der Waals surface area contributed by atoms with E-state index < -0.39 is 0 Å². The molecule has 20 heavy (non-hydrogen) atoms. The molecule has 0 radical (unpaired) electrons. The molecule has 5 nitrogen and oxygen atoms in total. The van der Waals surface area contributed by atoms with Crippen LogP contribution in [0.25, 0.3) is 6.08 Å². The van der Waals surface area contributed by atoms with Gasteiger partial charge in [0.2, 0.25) is 0 Å². The third kappa shape index (κ3) is 6.94. The van der Waals surface area contributed by atoms with Crippen molar-refractivity contribution in [3.05, 3.63) is 40.5 Å². The number of ether oxygens (including phenoxy) is 1. The SMILES string of the molecule is CCOC(=O)CCNC(=O)N/C=C/c1ccc(Br)cc1. The molecule has 2 amide bonds. The zero-order chi connectivity index (χ0) is 14.8. The lowest BCUT2D eigenvalue weighted by atomic mass is 10.2. The summed E-state index contributed by atoms with van der Waals surface area (Å²) < 4.78 is 5.74. The Kier molecular flexibility index (Phi) is 7.42. The predicted octanol–water partition coefficient (Wildman–Crippen LogP) is 2.67. The number of rotatable bonds is 6. The van der Waals surface area contributed by atoms with Crippen LogP contribution in [0, 0.1) is 0 Å². The number of esters is 1. The number of carbonyl (C=O) groups is 2. The molecule has 0 aliphatic heterocycles. The van der Waals surface area contributed by atoms with Gasteiger partial charge in [-0.1, -0.05) is 28.1 Å². The number of hydrogen-bond donors (Lipinski definition) is 2. The van der Waals surface area contributed by atoms with Crippen LogP contribution in [-0.4, -0.2) is 25.2 Å². The van der Waals surface area contributed by atoms with Gasteiger partial charge in [-0.05, 0) is 30.7 Å². The molecule has 108 valence electrons. The topological polar surface area (TPSA) is 67.4 Å². The smallest absolute Gasteiger partial charge is 0.318 e. The maximum atomic E-state index is 11.4. The number of urea groups is 1. The quantitative estimate of drug-likeness (QED) is 0.782. The van der Waals surface area contributed by atoms with Crippen molar-refractivity contribution in [2.75, 3.05) is 13.2 Å². The maximum Gasteiger partial charge on any atom is 0.318 e. The summed E-state index contributed by atoms with van der Waals surface area (Å²) in [7, 11) is 0. The third-order valence-corrected chi connectivity index (χ3v) is 2.81. The molecule has 0 heterocycles. The van der Waals surface area contributed by atoms with Crippen molar-refractivity contribution in [1.29, 1.82) is 0 Å². The fourth-order valence-electron chi connectivity index (χ4n) is 1.35. The molecule has 0 aliphatic carbocycles. The van der Waals surface area contributed by atoms with Crippen molar-refractivity contribution >= 4 is 34.0 Å². The van der Waals surface area contributed by atoms with Crippen molar-refractivity contribution in [3.63, 3.8) is 0 Å². The van der Waals surface area contributed by atoms with E-state index in [2.05, 4.69) is 26.6 Å². The van der Waals surface area contributed by atoms with E-state index >= 15 is 0 Å². The Morgan fingerprint density at radius 1 is 1.30 bits per heavy atom. The first-order valence-electron chi connectivity index (χ1n) is 6.24. The Bertz CT molecular complexity index is 472. The van der Waals surface area contributed by atoms with Gasteiger partial charge in [-0.2, -0.15) is 0 Å². The fraction of sp³-hybridized carbons (Fsp3) is 0.286. The molecule has 0 saturated carbocycles. The van der Waals surface area contributed by atoms with E-state index in [1.54, 1.807) is 19.2 Å². The van der Waals surface area contributed by atoms with E-state index in [-0.39, 0.29) is 25.0 Å². The van der Waals surface area contributed by atoms with E-state index in [4.69, 9.17) is 4.74 Å².